The van der Waals surface area contributed by atoms with Crippen molar-refractivity contribution in [1.29, 1.82) is 0 Å². The standard InChI is InChI=1S/C13H23NO4/c1-7-17-10(15)13(8-9(13)2)14(6)11(16)18-12(3,4)5/h9H,7-8H2,1-6H3/t9-,13-/m0/s1. The molecule has 2 atom stereocenters. The number of carbonyl (C=O) groups is 2. The number of ether oxygens (including phenoxy) is 2. The minimum Gasteiger partial charge on any atom is -0.464 e. The Morgan fingerprint density at radius 2 is 1.89 bits per heavy atom. The van der Waals surface area contributed by atoms with Crippen molar-refractivity contribution < 1.29 is 19.1 Å². The summed E-state index contributed by atoms with van der Waals surface area (Å²) < 4.78 is 10.3. The van der Waals surface area contributed by atoms with Crippen molar-refractivity contribution in [3.8, 4) is 0 Å². The van der Waals surface area contributed by atoms with Gasteiger partial charge in [0.1, 0.15) is 11.1 Å². The number of carbonyl (C=O) groups excluding carboxylic acids is 2. The number of likely N-dealkylation sites (N-methyl/N-ethyl adjacent to an activating group) is 1. The lowest BCUT2D eigenvalue weighted by Crippen LogP contribution is -2.48. The second-order valence-electron chi connectivity index (χ2n) is 5.79. The highest BCUT2D eigenvalue weighted by Gasteiger charge is 2.63. The lowest BCUT2D eigenvalue weighted by atomic mass is 10.2. The minimum atomic E-state index is -0.835. The maximum Gasteiger partial charge on any atom is 0.410 e. The molecular weight excluding hydrogens is 234 g/mol. The molecule has 18 heavy (non-hydrogen) atoms. The van der Waals surface area contributed by atoms with Gasteiger partial charge in [0.25, 0.3) is 0 Å². The molecule has 1 amide bonds. The Kier molecular flexibility index (Phi) is 3.93. The van der Waals surface area contributed by atoms with Crippen molar-refractivity contribution >= 4 is 12.1 Å². The molecule has 0 bridgehead atoms. The first kappa shape index (κ1) is 14.8. The molecular formula is C13H23NO4. The third kappa shape index (κ3) is 2.76. The van der Waals surface area contributed by atoms with Crippen LogP contribution in [0, 0.1) is 5.92 Å². The summed E-state index contributed by atoms with van der Waals surface area (Å²) in [7, 11) is 1.59. The fourth-order valence-electron chi connectivity index (χ4n) is 2.05. The Bertz CT molecular complexity index is 347. The summed E-state index contributed by atoms with van der Waals surface area (Å²) in [5.41, 5.74) is -1.41. The second kappa shape index (κ2) is 4.78. The maximum absolute atomic E-state index is 12.0. The van der Waals surface area contributed by atoms with Crippen LogP contribution in [0.4, 0.5) is 4.79 Å². The van der Waals surface area contributed by atoms with Crippen LogP contribution in [0.25, 0.3) is 0 Å². The van der Waals surface area contributed by atoms with E-state index in [9.17, 15) is 9.59 Å². The number of amides is 1. The molecule has 0 N–H and O–H groups in total. The number of rotatable bonds is 3. The SMILES string of the molecule is CCOC(=O)[C@]1(N(C)C(=O)OC(C)(C)C)C[C@@H]1C. The highest BCUT2D eigenvalue weighted by Crippen LogP contribution is 2.49. The molecule has 1 rings (SSSR count). The van der Waals surface area contributed by atoms with Gasteiger partial charge in [-0.15, -0.1) is 0 Å². The predicted octanol–water partition coefficient (Wildman–Crippen LogP) is 2.20. The van der Waals surface area contributed by atoms with E-state index in [1.165, 1.54) is 4.90 Å². The normalized spacial score (nSPS) is 26.4. The molecule has 0 aromatic heterocycles. The molecule has 0 saturated heterocycles. The van der Waals surface area contributed by atoms with E-state index in [1.54, 1.807) is 34.7 Å². The molecule has 0 aromatic rings. The van der Waals surface area contributed by atoms with Gasteiger partial charge in [0.2, 0.25) is 0 Å². The molecule has 0 radical (unpaired) electrons. The van der Waals surface area contributed by atoms with Gasteiger partial charge in [-0.1, -0.05) is 6.92 Å². The fraction of sp³-hybridized carbons (Fsp3) is 0.846. The summed E-state index contributed by atoms with van der Waals surface area (Å²) in [6.45, 7) is 9.39. The molecule has 5 nitrogen and oxygen atoms in total. The minimum absolute atomic E-state index is 0.106. The zero-order valence-corrected chi connectivity index (χ0v) is 12.1. The summed E-state index contributed by atoms with van der Waals surface area (Å²) in [6.07, 6.45) is 0.140. The van der Waals surface area contributed by atoms with E-state index in [2.05, 4.69) is 0 Å². The van der Waals surface area contributed by atoms with Crippen molar-refractivity contribution in [3.05, 3.63) is 0 Å². The van der Waals surface area contributed by atoms with Gasteiger partial charge in [0, 0.05) is 7.05 Å². The first-order valence-corrected chi connectivity index (χ1v) is 6.29. The third-order valence-electron chi connectivity index (χ3n) is 3.17. The van der Waals surface area contributed by atoms with Gasteiger partial charge in [0.05, 0.1) is 6.61 Å². The average molecular weight is 257 g/mol. The molecule has 1 saturated carbocycles. The monoisotopic (exact) mass is 257 g/mol. The van der Waals surface area contributed by atoms with Gasteiger partial charge in [-0.05, 0) is 40.0 Å². The van der Waals surface area contributed by atoms with Crippen LogP contribution in [0.5, 0.6) is 0 Å². The van der Waals surface area contributed by atoms with Crippen LogP contribution in [0.3, 0.4) is 0 Å². The van der Waals surface area contributed by atoms with Gasteiger partial charge in [-0.3, -0.25) is 4.90 Å². The molecule has 0 aliphatic heterocycles. The van der Waals surface area contributed by atoms with E-state index in [0.717, 1.165) is 0 Å². The summed E-state index contributed by atoms with van der Waals surface area (Å²) in [5, 5.41) is 0. The molecule has 0 aromatic carbocycles. The van der Waals surface area contributed by atoms with Crippen LogP contribution in [0.15, 0.2) is 0 Å². The lowest BCUT2D eigenvalue weighted by Gasteiger charge is -2.30. The highest BCUT2D eigenvalue weighted by molar-refractivity contribution is 5.89. The topological polar surface area (TPSA) is 55.8 Å². The van der Waals surface area contributed by atoms with Crippen LogP contribution >= 0.6 is 0 Å². The molecule has 0 heterocycles. The van der Waals surface area contributed by atoms with E-state index in [-0.39, 0.29) is 11.9 Å². The van der Waals surface area contributed by atoms with E-state index in [0.29, 0.717) is 13.0 Å². The maximum atomic E-state index is 12.0. The Hall–Kier alpha value is -1.26. The second-order valence-corrected chi connectivity index (χ2v) is 5.79. The van der Waals surface area contributed by atoms with Crippen LogP contribution in [-0.2, 0) is 14.3 Å². The summed E-state index contributed by atoms with van der Waals surface area (Å²) in [6, 6.07) is 0. The number of esters is 1. The zero-order valence-electron chi connectivity index (χ0n) is 12.1. The Labute approximate surface area is 108 Å². The fourth-order valence-corrected chi connectivity index (χ4v) is 2.05. The van der Waals surface area contributed by atoms with Crippen molar-refractivity contribution in [1.82, 2.24) is 4.90 Å². The van der Waals surface area contributed by atoms with E-state index in [4.69, 9.17) is 9.47 Å². The molecule has 0 unspecified atom stereocenters. The zero-order chi connectivity index (χ0) is 14.1. The number of hydrogen-bond donors (Lipinski definition) is 0. The van der Waals surface area contributed by atoms with E-state index >= 15 is 0 Å². The average Bonchev–Trinajstić information content (AvgIpc) is 2.88. The quantitative estimate of drug-likeness (QED) is 0.727. The Morgan fingerprint density at radius 3 is 2.22 bits per heavy atom. The van der Waals surface area contributed by atoms with E-state index in [1.807, 2.05) is 6.92 Å². The summed E-state index contributed by atoms with van der Waals surface area (Å²) in [5.74, 6) is -0.236. The predicted molar refractivity (Wildman–Crippen MR) is 67.1 cm³/mol. The van der Waals surface area contributed by atoms with Gasteiger partial charge < -0.3 is 9.47 Å². The van der Waals surface area contributed by atoms with Crippen molar-refractivity contribution in [2.24, 2.45) is 5.92 Å². The van der Waals surface area contributed by atoms with Crippen LogP contribution in [0.1, 0.15) is 41.0 Å². The number of nitrogens with zero attached hydrogens (tertiary/aromatic N) is 1. The van der Waals surface area contributed by atoms with Crippen molar-refractivity contribution in [2.45, 2.75) is 52.2 Å². The summed E-state index contributed by atoms with van der Waals surface area (Å²) in [4.78, 5) is 25.3. The molecule has 104 valence electrons. The van der Waals surface area contributed by atoms with Crippen molar-refractivity contribution in [3.63, 3.8) is 0 Å². The first-order valence-electron chi connectivity index (χ1n) is 6.29. The van der Waals surface area contributed by atoms with Crippen LogP contribution in [0.2, 0.25) is 0 Å². The van der Waals surface area contributed by atoms with Gasteiger partial charge in [-0.25, -0.2) is 9.59 Å². The molecule has 1 aliphatic carbocycles. The van der Waals surface area contributed by atoms with Crippen LogP contribution in [-0.4, -0.2) is 41.8 Å². The smallest absolute Gasteiger partial charge is 0.410 e. The number of hydrogen-bond acceptors (Lipinski definition) is 4. The van der Waals surface area contributed by atoms with E-state index < -0.39 is 17.2 Å². The van der Waals surface area contributed by atoms with Gasteiger partial charge in [0.15, 0.2) is 0 Å². The molecule has 1 fully saturated rings. The van der Waals surface area contributed by atoms with Gasteiger partial charge >= 0.3 is 12.1 Å². The van der Waals surface area contributed by atoms with Gasteiger partial charge in [-0.2, -0.15) is 0 Å². The van der Waals surface area contributed by atoms with Crippen LogP contribution < -0.4 is 0 Å². The third-order valence-corrected chi connectivity index (χ3v) is 3.17. The largest absolute Gasteiger partial charge is 0.464 e. The highest BCUT2D eigenvalue weighted by atomic mass is 16.6. The first-order chi connectivity index (χ1) is 8.15. The Morgan fingerprint density at radius 1 is 1.39 bits per heavy atom. The molecule has 5 heteroatoms. The molecule has 0 spiro atoms. The Balaban J connectivity index is 2.78. The van der Waals surface area contributed by atoms with Crippen molar-refractivity contribution in [2.75, 3.05) is 13.7 Å². The summed E-state index contributed by atoms with van der Waals surface area (Å²) >= 11 is 0. The molecule has 1 aliphatic rings. The lowest BCUT2D eigenvalue weighted by molar-refractivity contribution is -0.151.